The van der Waals surface area contributed by atoms with Crippen molar-refractivity contribution in [3.05, 3.63) is 69.1 Å². The van der Waals surface area contributed by atoms with E-state index in [0.29, 0.717) is 37.3 Å². The average Bonchev–Trinajstić information content (AvgIpc) is 3.87. The van der Waals surface area contributed by atoms with Crippen molar-refractivity contribution in [3.63, 3.8) is 0 Å². The summed E-state index contributed by atoms with van der Waals surface area (Å²) in [4.78, 5) is 6.58. The second kappa shape index (κ2) is 24.1. The lowest BCUT2D eigenvalue weighted by atomic mass is 10.1. The molecule has 0 fully saturated rings. The molecule has 0 aliphatic rings. The van der Waals surface area contributed by atoms with Crippen LogP contribution in [-0.2, 0) is 20.0 Å². The molecule has 312 valence electrons. The largest absolute Gasteiger partial charge is 0.392 e. The standard InChI is InChI=1S/2C17H24ClFN4O3S2/c2*18-13-9-16(28(25,26)23-17-22-7-8-27-17)14(19)10-15(13)21-6-4-2-1-3-5-12(24)11-20/h2*7-10,12,21,24H,1-6,11,20H2,(H,22,23)/t2*12-/m10/s1. The maximum atomic E-state index is 14.4. The first-order valence-corrected chi connectivity index (χ1v) is 23.2. The summed E-state index contributed by atoms with van der Waals surface area (Å²) >= 11 is 14.4. The Morgan fingerprint density at radius 1 is 0.643 bits per heavy atom. The Kier molecular flexibility index (Phi) is 20.4. The fourth-order valence-electron chi connectivity index (χ4n) is 5.03. The number of rotatable bonds is 24. The van der Waals surface area contributed by atoms with Crippen LogP contribution in [0.2, 0.25) is 10.0 Å². The van der Waals surface area contributed by atoms with Crippen LogP contribution in [0.5, 0.6) is 0 Å². The molecule has 14 nitrogen and oxygen atoms in total. The van der Waals surface area contributed by atoms with Gasteiger partial charge in [-0.3, -0.25) is 9.44 Å². The van der Waals surface area contributed by atoms with Crippen LogP contribution in [0.4, 0.5) is 30.4 Å². The van der Waals surface area contributed by atoms with Crippen molar-refractivity contribution in [1.29, 1.82) is 0 Å². The molecule has 2 aromatic heterocycles. The van der Waals surface area contributed by atoms with Gasteiger partial charge in [0, 0.05) is 49.3 Å². The Morgan fingerprint density at radius 3 is 1.36 bits per heavy atom. The number of nitrogens with two attached hydrogens (primary N) is 2. The first-order valence-electron chi connectivity index (χ1n) is 17.7. The molecule has 0 bridgehead atoms. The normalized spacial score (nSPS) is 12.7. The quantitative estimate of drug-likeness (QED) is 0.0338. The van der Waals surface area contributed by atoms with Crippen LogP contribution < -0.4 is 31.5 Å². The van der Waals surface area contributed by atoms with Crippen molar-refractivity contribution < 1.29 is 35.8 Å². The predicted octanol–water partition coefficient (Wildman–Crippen LogP) is 6.84. The molecule has 22 heteroatoms. The SMILES string of the molecule is NC[C@@H](O)CCCCCCNc1cc(F)c(S(=O)(=O)Nc2nccs2)cc1Cl.NC[C@H](O)CCCCCCNc1cc(F)c(S(=O)(=O)Nc2nccs2)cc1Cl. The number of aliphatic hydroxyl groups is 2. The van der Waals surface area contributed by atoms with Gasteiger partial charge in [0.2, 0.25) is 0 Å². The Labute approximate surface area is 344 Å². The Balaban J connectivity index is 0.000000300. The summed E-state index contributed by atoms with van der Waals surface area (Å²) in [6, 6.07) is 4.33. The first kappa shape index (κ1) is 47.5. The molecule has 4 rings (SSSR count). The molecule has 0 aliphatic carbocycles. The van der Waals surface area contributed by atoms with Crippen LogP contribution in [0.15, 0.2) is 57.2 Å². The van der Waals surface area contributed by atoms with E-state index in [4.69, 9.17) is 34.7 Å². The molecular weight excluding hydrogens is 854 g/mol. The number of halogens is 4. The third-order valence-electron chi connectivity index (χ3n) is 8.03. The van der Waals surface area contributed by atoms with Crippen molar-refractivity contribution in [2.75, 3.05) is 46.3 Å². The monoisotopic (exact) mass is 900 g/mol. The van der Waals surface area contributed by atoms with Gasteiger partial charge in [-0.25, -0.2) is 35.6 Å². The number of aliphatic hydroxyl groups excluding tert-OH is 2. The second-order valence-electron chi connectivity index (χ2n) is 12.4. The third kappa shape index (κ3) is 16.1. The molecule has 2 aromatic carbocycles. The van der Waals surface area contributed by atoms with Gasteiger partial charge >= 0.3 is 0 Å². The number of benzene rings is 2. The Morgan fingerprint density at radius 2 is 1.02 bits per heavy atom. The minimum atomic E-state index is -4.12. The highest BCUT2D eigenvalue weighted by molar-refractivity contribution is 7.93. The van der Waals surface area contributed by atoms with Gasteiger partial charge in [0.25, 0.3) is 20.0 Å². The van der Waals surface area contributed by atoms with Crippen molar-refractivity contribution >= 4 is 87.6 Å². The summed E-state index contributed by atoms with van der Waals surface area (Å²) in [5.74, 6) is -1.79. The molecule has 4 aromatic rings. The van der Waals surface area contributed by atoms with Gasteiger partial charge in [-0.1, -0.05) is 61.7 Å². The summed E-state index contributed by atoms with van der Waals surface area (Å²) in [6.45, 7) is 1.69. The van der Waals surface area contributed by atoms with E-state index in [-0.39, 0.29) is 33.4 Å². The minimum Gasteiger partial charge on any atom is -0.392 e. The molecule has 0 unspecified atom stereocenters. The van der Waals surface area contributed by atoms with Gasteiger partial charge < -0.3 is 32.3 Å². The van der Waals surface area contributed by atoms with Gasteiger partial charge in [0.1, 0.15) is 21.4 Å². The third-order valence-corrected chi connectivity index (χ3v) is 13.0. The van der Waals surface area contributed by atoms with Crippen molar-refractivity contribution in [3.8, 4) is 0 Å². The van der Waals surface area contributed by atoms with Crippen LogP contribution in [-0.4, -0.2) is 75.4 Å². The van der Waals surface area contributed by atoms with E-state index in [0.717, 1.165) is 98.3 Å². The van der Waals surface area contributed by atoms with E-state index in [2.05, 4.69) is 30.0 Å². The number of anilines is 4. The van der Waals surface area contributed by atoms with Gasteiger partial charge in [0.05, 0.1) is 33.6 Å². The summed E-state index contributed by atoms with van der Waals surface area (Å²) < 4.78 is 82.5. The fourth-order valence-corrected chi connectivity index (χ4v) is 9.37. The smallest absolute Gasteiger partial charge is 0.266 e. The van der Waals surface area contributed by atoms with Crippen molar-refractivity contribution in [1.82, 2.24) is 9.97 Å². The Bertz CT molecular complexity index is 1840. The Hall–Kier alpha value is -2.92. The van der Waals surface area contributed by atoms with Crippen molar-refractivity contribution in [2.45, 2.75) is 86.2 Å². The van der Waals surface area contributed by atoms with E-state index in [1.165, 1.54) is 12.4 Å². The summed E-state index contributed by atoms with van der Waals surface area (Å²) in [5, 5.41) is 28.5. The molecule has 0 aliphatic heterocycles. The zero-order chi connectivity index (χ0) is 41.1. The maximum Gasteiger partial charge on any atom is 0.266 e. The summed E-state index contributed by atoms with van der Waals surface area (Å²) in [5.41, 5.74) is 11.4. The second-order valence-corrected chi connectivity index (χ2v) is 18.4. The summed E-state index contributed by atoms with van der Waals surface area (Å²) in [6.07, 6.45) is 10.6. The number of hydrogen-bond acceptors (Lipinski definition) is 14. The fraction of sp³-hybridized carbons (Fsp3) is 0.471. The van der Waals surface area contributed by atoms with Crippen molar-refractivity contribution in [2.24, 2.45) is 11.5 Å². The highest BCUT2D eigenvalue weighted by Crippen LogP contribution is 2.31. The lowest BCUT2D eigenvalue weighted by Gasteiger charge is -2.12. The van der Waals surface area contributed by atoms with Crippen LogP contribution in [0.25, 0.3) is 0 Å². The zero-order valence-electron chi connectivity index (χ0n) is 30.4. The van der Waals surface area contributed by atoms with E-state index in [1.54, 1.807) is 10.8 Å². The van der Waals surface area contributed by atoms with Crippen LogP contribution >= 0.6 is 45.9 Å². The molecule has 10 N–H and O–H groups in total. The first-order chi connectivity index (χ1) is 26.7. The minimum absolute atomic E-state index is 0.118. The summed E-state index contributed by atoms with van der Waals surface area (Å²) in [7, 11) is -8.23. The van der Waals surface area contributed by atoms with Crippen LogP contribution in [0.3, 0.4) is 0 Å². The molecular formula is C34H48Cl2F2N8O6S4. The topological polar surface area (TPSA) is 235 Å². The molecule has 0 radical (unpaired) electrons. The van der Waals surface area contributed by atoms with Gasteiger partial charge in [-0.05, 0) is 49.9 Å². The van der Waals surface area contributed by atoms with E-state index in [9.17, 15) is 35.8 Å². The number of sulfonamides is 2. The number of hydrogen-bond donors (Lipinski definition) is 8. The van der Waals surface area contributed by atoms with Crippen LogP contribution in [0.1, 0.15) is 64.2 Å². The molecule has 2 atom stereocenters. The predicted molar refractivity (Wildman–Crippen MR) is 222 cm³/mol. The lowest BCUT2D eigenvalue weighted by Crippen LogP contribution is -2.19. The van der Waals surface area contributed by atoms with E-state index >= 15 is 0 Å². The molecule has 0 spiro atoms. The molecule has 0 saturated carbocycles. The van der Waals surface area contributed by atoms with Gasteiger partial charge in [-0.2, -0.15) is 0 Å². The molecule has 56 heavy (non-hydrogen) atoms. The number of nitrogens with one attached hydrogen (secondary N) is 4. The number of nitrogens with zero attached hydrogens (tertiary/aromatic N) is 2. The molecule has 0 saturated heterocycles. The average molecular weight is 902 g/mol. The highest BCUT2D eigenvalue weighted by atomic mass is 35.5. The van der Waals surface area contributed by atoms with E-state index < -0.39 is 53.7 Å². The maximum absolute atomic E-state index is 14.4. The van der Waals surface area contributed by atoms with Crippen LogP contribution in [0, 0.1) is 11.6 Å². The van der Waals surface area contributed by atoms with E-state index in [1.807, 2.05) is 0 Å². The number of thiazole rings is 2. The molecule has 0 amide bonds. The highest BCUT2D eigenvalue weighted by Gasteiger charge is 2.24. The number of aromatic nitrogens is 2. The number of unbranched alkanes of at least 4 members (excludes halogenated alkanes) is 6. The van der Waals surface area contributed by atoms with Gasteiger partial charge in [-0.15, -0.1) is 22.7 Å². The zero-order valence-corrected chi connectivity index (χ0v) is 35.2. The van der Waals surface area contributed by atoms with Gasteiger partial charge in [0.15, 0.2) is 10.3 Å². The lowest BCUT2D eigenvalue weighted by molar-refractivity contribution is 0.168. The molecule has 2 heterocycles.